The minimum Gasteiger partial charge on any atom is -0.508 e. The van der Waals surface area contributed by atoms with Crippen LogP contribution in [0.3, 0.4) is 0 Å². The van der Waals surface area contributed by atoms with Gasteiger partial charge in [0.05, 0.1) is 0 Å². The van der Waals surface area contributed by atoms with Gasteiger partial charge in [0.15, 0.2) is 0 Å². The molecule has 0 amide bonds. The van der Waals surface area contributed by atoms with Crippen LogP contribution in [0.25, 0.3) is 0 Å². The van der Waals surface area contributed by atoms with Crippen molar-refractivity contribution in [1.29, 1.82) is 16.2 Å². The molecule has 8 heteroatoms. The fourth-order valence-corrected chi connectivity index (χ4v) is 0.428. The van der Waals surface area contributed by atoms with E-state index in [-0.39, 0.29) is 11.0 Å². The molecule has 92 valence electrons. The van der Waals surface area contributed by atoms with E-state index in [0.29, 0.717) is 5.75 Å². The summed E-state index contributed by atoms with van der Waals surface area (Å²) in [6, 6.07) is 8.71. The monoisotopic (exact) mass is 255 g/mol. The number of nitrogens with one attached hydrogen (secondary N) is 3. The third-order valence-corrected chi connectivity index (χ3v) is 0.756. The summed E-state index contributed by atoms with van der Waals surface area (Å²) in [5.74, 6) is 0.322. The summed E-state index contributed by atoms with van der Waals surface area (Å²) in [5, 5.41) is 24.8. The molecule has 0 saturated heterocycles. The Kier molecular flexibility index (Phi) is 41.0. The first kappa shape index (κ1) is 23.9. The minimum absolute atomic E-state index is 0. The molecular formula is C9H13N3O4Si. The average Bonchev–Trinajstić information content (AvgIpc) is 2.22. The van der Waals surface area contributed by atoms with E-state index in [4.69, 9.17) is 35.7 Å². The molecule has 0 bridgehead atoms. The van der Waals surface area contributed by atoms with Crippen molar-refractivity contribution < 1.29 is 19.5 Å². The second kappa shape index (κ2) is 29.2. The Morgan fingerprint density at radius 1 is 0.824 bits per heavy atom. The zero-order valence-corrected chi connectivity index (χ0v) is 8.06. The Morgan fingerprint density at radius 3 is 1.18 bits per heavy atom. The molecule has 0 aliphatic rings. The van der Waals surface area contributed by atoms with E-state index in [1.165, 1.54) is 0 Å². The highest BCUT2D eigenvalue weighted by Gasteiger charge is 1.74. The molecule has 7 nitrogen and oxygen atoms in total. The molecule has 0 unspecified atom stereocenters. The van der Waals surface area contributed by atoms with E-state index in [0.717, 1.165) is 18.2 Å². The lowest BCUT2D eigenvalue weighted by Gasteiger charge is -1.82. The maximum Gasteiger partial charge on any atom is 0.231 e. The average molecular weight is 255 g/mol. The quantitative estimate of drug-likeness (QED) is 0.285. The van der Waals surface area contributed by atoms with Crippen LogP contribution in [0.15, 0.2) is 30.3 Å². The van der Waals surface area contributed by atoms with Crippen molar-refractivity contribution in [2.24, 2.45) is 0 Å². The summed E-state index contributed by atoms with van der Waals surface area (Å²) in [6.45, 7) is 0. The van der Waals surface area contributed by atoms with Crippen LogP contribution in [0.5, 0.6) is 5.75 Å². The number of phenols is 1. The largest absolute Gasteiger partial charge is 0.508 e. The molecule has 0 atom stereocenters. The Hall–Kier alpha value is -2.62. The molecule has 1 aromatic rings. The molecular weight excluding hydrogens is 242 g/mol. The standard InChI is InChI=1S/C6H6O.3CHNO.H4Si/c7-6-4-2-1-3-5-6;3*2-1-3;/h1-5,7H;3*2H;1H4. The van der Waals surface area contributed by atoms with E-state index in [1.54, 1.807) is 24.3 Å². The number of hydrogen-bond donors (Lipinski definition) is 4. The second-order valence-corrected chi connectivity index (χ2v) is 1.64. The van der Waals surface area contributed by atoms with Gasteiger partial charge in [-0.3, -0.25) is 0 Å². The van der Waals surface area contributed by atoms with Gasteiger partial charge < -0.3 is 5.11 Å². The first-order valence-corrected chi connectivity index (χ1v) is 3.50. The van der Waals surface area contributed by atoms with Gasteiger partial charge in [-0.25, -0.2) is 30.6 Å². The van der Waals surface area contributed by atoms with Gasteiger partial charge in [-0.15, -0.1) is 0 Å². The van der Waals surface area contributed by atoms with Gasteiger partial charge >= 0.3 is 0 Å². The lowest BCUT2D eigenvalue weighted by atomic mass is 10.3. The van der Waals surface area contributed by atoms with E-state index in [2.05, 4.69) is 0 Å². The van der Waals surface area contributed by atoms with E-state index >= 15 is 0 Å². The van der Waals surface area contributed by atoms with Crippen LogP contribution in [0.2, 0.25) is 0 Å². The number of phenolic OH excluding ortho intramolecular Hbond substituents is 1. The van der Waals surface area contributed by atoms with Crippen molar-refractivity contribution in [3.63, 3.8) is 0 Å². The molecule has 1 rings (SSSR count). The van der Waals surface area contributed by atoms with Gasteiger partial charge in [0.2, 0.25) is 18.2 Å². The molecule has 17 heavy (non-hydrogen) atoms. The molecule has 0 heterocycles. The van der Waals surface area contributed by atoms with Crippen LogP contribution in [0.1, 0.15) is 0 Å². The molecule has 0 spiro atoms. The summed E-state index contributed by atoms with van der Waals surface area (Å²) < 4.78 is 0. The van der Waals surface area contributed by atoms with Crippen molar-refractivity contribution >= 4 is 29.2 Å². The zero-order chi connectivity index (χ0) is 13.2. The summed E-state index contributed by atoms with van der Waals surface area (Å²) in [6.07, 6.45) is 2.25. The highest BCUT2D eigenvalue weighted by Crippen LogP contribution is 2.02. The van der Waals surface area contributed by atoms with Crippen molar-refractivity contribution in [2.75, 3.05) is 0 Å². The predicted octanol–water partition coefficient (Wildman–Crippen LogP) is -0.356. The van der Waals surface area contributed by atoms with Gasteiger partial charge in [0, 0.05) is 0 Å². The van der Waals surface area contributed by atoms with E-state index < -0.39 is 0 Å². The first-order valence-electron chi connectivity index (χ1n) is 3.50. The Labute approximate surface area is 102 Å². The molecule has 4 N–H and O–H groups in total. The maximum absolute atomic E-state index is 8.63. The Morgan fingerprint density at radius 2 is 1.06 bits per heavy atom. The fraction of sp³-hybridized carbons (Fsp3) is 0. The van der Waals surface area contributed by atoms with E-state index in [9.17, 15) is 0 Å². The van der Waals surface area contributed by atoms with Crippen LogP contribution in [-0.2, 0) is 14.4 Å². The van der Waals surface area contributed by atoms with Crippen molar-refractivity contribution in [3.8, 4) is 5.75 Å². The molecule has 0 aliphatic carbocycles. The topological polar surface area (TPSA) is 143 Å². The SMILES string of the molecule is N=C=O.N=C=O.N=C=O.Oc1ccccc1.[SiH4]. The normalized spacial score (nSPS) is 4.94. The first-order chi connectivity index (χ1) is 7.64. The number of isocyanates is 3. The third-order valence-electron chi connectivity index (χ3n) is 0.756. The molecule has 0 fully saturated rings. The lowest BCUT2D eigenvalue weighted by molar-refractivity contribution is 0.475. The van der Waals surface area contributed by atoms with Crippen LogP contribution in [-0.4, -0.2) is 34.3 Å². The number of para-hydroxylation sites is 1. The Bertz CT molecular complexity index is 323. The zero-order valence-electron chi connectivity index (χ0n) is 8.06. The van der Waals surface area contributed by atoms with Gasteiger partial charge in [0.1, 0.15) is 5.75 Å². The van der Waals surface area contributed by atoms with Gasteiger partial charge in [-0.05, 0) is 23.1 Å². The van der Waals surface area contributed by atoms with Gasteiger partial charge in [0.25, 0.3) is 0 Å². The van der Waals surface area contributed by atoms with Gasteiger partial charge in [-0.1, -0.05) is 18.2 Å². The number of hydrogen-bond acceptors (Lipinski definition) is 7. The predicted molar refractivity (Wildman–Crippen MR) is 64.7 cm³/mol. The Balaban J connectivity index is -0.0000000734. The molecule has 0 aliphatic heterocycles. The molecule has 1 aromatic carbocycles. The number of rotatable bonds is 0. The summed E-state index contributed by atoms with van der Waals surface area (Å²) in [4.78, 5) is 25.0. The number of carbonyl (C=O) groups excluding carboxylic acids is 3. The minimum atomic E-state index is 0. The summed E-state index contributed by atoms with van der Waals surface area (Å²) >= 11 is 0. The van der Waals surface area contributed by atoms with Crippen LogP contribution in [0, 0.1) is 16.2 Å². The van der Waals surface area contributed by atoms with Crippen LogP contribution < -0.4 is 0 Å². The van der Waals surface area contributed by atoms with Crippen molar-refractivity contribution in [2.45, 2.75) is 0 Å². The summed E-state index contributed by atoms with van der Waals surface area (Å²) in [5.41, 5.74) is 0. The molecule has 0 saturated carbocycles. The van der Waals surface area contributed by atoms with E-state index in [1.807, 2.05) is 6.07 Å². The molecule has 0 radical (unpaired) electrons. The van der Waals surface area contributed by atoms with Crippen molar-refractivity contribution in [3.05, 3.63) is 30.3 Å². The number of aromatic hydroxyl groups is 1. The van der Waals surface area contributed by atoms with Crippen LogP contribution in [0.4, 0.5) is 0 Å². The van der Waals surface area contributed by atoms with Crippen LogP contribution >= 0.6 is 0 Å². The number of benzene rings is 1. The van der Waals surface area contributed by atoms with Crippen molar-refractivity contribution in [1.82, 2.24) is 0 Å². The smallest absolute Gasteiger partial charge is 0.231 e. The highest BCUT2D eigenvalue weighted by atomic mass is 28.1. The van der Waals surface area contributed by atoms with Gasteiger partial charge in [-0.2, -0.15) is 0 Å². The molecule has 0 aromatic heterocycles. The second-order valence-electron chi connectivity index (χ2n) is 1.64. The third kappa shape index (κ3) is 59.9. The summed E-state index contributed by atoms with van der Waals surface area (Å²) in [7, 11) is 0. The highest BCUT2D eigenvalue weighted by molar-refractivity contribution is 5.75. The fourth-order valence-electron chi connectivity index (χ4n) is 0.428. The maximum atomic E-state index is 8.63. The lowest BCUT2D eigenvalue weighted by Crippen LogP contribution is -1.56.